The largest absolute Gasteiger partial charge is 0.294 e. The summed E-state index contributed by atoms with van der Waals surface area (Å²) in [4.78, 5) is 16.4. The Hall–Kier alpha value is -2.62. The maximum atomic E-state index is 13.7. The molecule has 0 aliphatic rings. The SMILES string of the molecule is O=C(Cc1cccc(F)c1F)c1cccc2ccncc12. The van der Waals surface area contributed by atoms with Crippen molar-refractivity contribution in [2.45, 2.75) is 6.42 Å². The maximum absolute atomic E-state index is 13.7. The van der Waals surface area contributed by atoms with E-state index < -0.39 is 11.6 Å². The number of aromatic nitrogens is 1. The van der Waals surface area contributed by atoms with E-state index in [4.69, 9.17) is 0 Å². The topological polar surface area (TPSA) is 30.0 Å². The summed E-state index contributed by atoms with van der Waals surface area (Å²) in [6.07, 6.45) is 3.06. The van der Waals surface area contributed by atoms with Crippen molar-refractivity contribution in [2.24, 2.45) is 0 Å². The molecule has 0 atom stereocenters. The van der Waals surface area contributed by atoms with Crippen molar-refractivity contribution >= 4 is 16.6 Å². The van der Waals surface area contributed by atoms with Gasteiger partial charge in [0.05, 0.1) is 0 Å². The number of Topliss-reactive ketones (excluding diaryl/α,β-unsaturated/α-hetero) is 1. The van der Waals surface area contributed by atoms with Gasteiger partial charge < -0.3 is 0 Å². The molecular formula is C17H11F2NO. The molecule has 0 fully saturated rings. The lowest BCUT2D eigenvalue weighted by molar-refractivity contribution is 0.0993. The van der Waals surface area contributed by atoms with E-state index in [-0.39, 0.29) is 17.8 Å². The van der Waals surface area contributed by atoms with Crippen molar-refractivity contribution < 1.29 is 13.6 Å². The summed E-state index contributed by atoms with van der Waals surface area (Å²) < 4.78 is 26.8. The fourth-order valence-electron chi connectivity index (χ4n) is 2.31. The zero-order valence-electron chi connectivity index (χ0n) is 11.0. The van der Waals surface area contributed by atoms with Crippen LogP contribution in [0.2, 0.25) is 0 Å². The van der Waals surface area contributed by atoms with Gasteiger partial charge in [0, 0.05) is 29.8 Å². The minimum atomic E-state index is -0.968. The molecule has 21 heavy (non-hydrogen) atoms. The van der Waals surface area contributed by atoms with E-state index in [1.165, 1.54) is 12.1 Å². The van der Waals surface area contributed by atoms with Crippen molar-refractivity contribution in [3.05, 3.63) is 77.6 Å². The first-order chi connectivity index (χ1) is 10.2. The summed E-state index contributed by atoms with van der Waals surface area (Å²) >= 11 is 0. The van der Waals surface area contributed by atoms with E-state index in [1.807, 2.05) is 6.07 Å². The predicted molar refractivity (Wildman–Crippen MR) is 76.1 cm³/mol. The van der Waals surface area contributed by atoms with Crippen LogP contribution in [0.5, 0.6) is 0 Å². The average molecular weight is 283 g/mol. The Morgan fingerprint density at radius 2 is 1.86 bits per heavy atom. The number of halogens is 2. The van der Waals surface area contributed by atoms with E-state index in [0.29, 0.717) is 10.9 Å². The molecule has 0 amide bonds. The van der Waals surface area contributed by atoms with E-state index in [0.717, 1.165) is 11.5 Å². The number of ketones is 1. The summed E-state index contributed by atoms with van der Waals surface area (Å²) in [7, 11) is 0. The summed E-state index contributed by atoms with van der Waals surface area (Å²) in [6, 6.07) is 10.9. The molecule has 3 aromatic rings. The number of rotatable bonds is 3. The van der Waals surface area contributed by atoms with Crippen molar-refractivity contribution in [3.8, 4) is 0 Å². The third-order valence-corrected chi connectivity index (χ3v) is 3.37. The summed E-state index contributed by atoms with van der Waals surface area (Å²) in [5, 5.41) is 1.59. The minimum Gasteiger partial charge on any atom is -0.294 e. The van der Waals surface area contributed by atoms with Gasteiger partial charge in [0.1, 0.15) is 0 Å². The second-order valence-electron chi connectivity index (χ2n) is 4.72. The standard InChI is InChI=1S/C17H11F2NO/c18-15-6-2-4-12(17(15)19)9-16(21)13-5-1-3-11-7-8-20-10-14(11)13/h1-8,10H,9H2. The number of pyridine rings is 1. The zero-order chi connectivity index (χ0) is 14.8. The maximum Gasteiger partial charge on any atom is 0.168 e. The van der Waals surface area contributed by atoms with Crippen molar-refractivity contribution in [1.82, 2.24) is 4.98 Å². The van der Waals surface area contributed by atoms with Gasteiger partial charge in [-0.15, -0.1) is 0 Å². The third kappa shape index (κ3) is 2.52. The molecule has 3 rings (SSSR count). The Labute approximate surface area is 120 Å². The van der Waals surface area contributed by atoms with Gasteiger partial charge >= 0.3 is 0 Å². The van der Waals surface area contributed by atoms with E-state index in [2.05, 4.69) is 4.98 Å². The molecule has 1 aromatic heterocycles. The van der Waals surface area contributed by atoms with Crippen LogP contribution in [0.3, 0.4) is 0 Å². The minimum absolute atomic E-state index is 0.0564. The fraction of sp³-hybridized carbons (Fsp3) is 0.0588. The van der Waals surface area contributed by atoms with Gasteiger partial charge in [0.25, 0.3) is 0 Å². The molecule has 2 aromatic carbocycles. The molecule has 0 saturated carbocycles. The fourth-order valence-corrected chi connectivity index (χ4v) is 2.31. The first-order valence-corrected chi connectivity index (χ1v) is 6.45. The molecule has 0 bridgehead atoms. The first kappa shape index (κ1) is 13.4. The van der Waals surface area contributed by atoms with Gasteiger partial charge in [-0.2, -0.15) is 0 Å². The van der Waals surface area contributed by atoms with Crippen LogP contribution in [0, 0.1) is 11.6 Å². The van der Waals surface area contributed by atoms with Gasteiger partial charge in [-0.1, -0.05) is 30.3 Å². The Bertz CT molecular complexity index is 825. The molecule has 104 valence electrons. The number of hydrogen-bond acceptors (Lipinski definition) is 2. The lowest BCUT2D eigenvalue weighted by Gasteiger charge is -2.06. The van der Waals surface area contributed by atoms with Crippen molar-refractivity contribution in [1.29, 1.82) is 0 Å². The molecule has 4 heteroatoms. The third-order valence-electron chi connectivity index (χ3n) is 3.37. The molecule has 0 N–H and O–H groups in total. The number of benzene rings is 2. The summed E-state index contributed by atoms with van der Waals surface area (Å²) in [6.45, 7) is 0. The zero-order valence-corrected chi connectivity index (χ0v) is 11.0. The van der Waals surface area contributed by atoms with Crippen molar-refractivity contribution in [3.63, 3.8) is 0 Å². The van der Waals surface area contributed by atoms with Gasteiger partial charge in [-0.3, -0.25) is 9.78 Å². The lowest BCUT2D eigenvalue weighted by atomic mass is 9.98. The number of hydrogen-bond donors (Lipinski definition) is 0. The predicted octanol–water partition coefficient (Wildman–Crippen LogP) is 3.94. The molecule has 0 radical (unpaired) electrons. The van der Waals surface area contributed by atoms with Crippen LogP contribution in [0.15, 0.2) is 54.9 Å². The Kier molecular flexibility index (Phi) is 3.44. The average Bonchev–Trinajstić information content (AvgIpc) is 2.51. The molecule has 0 aliphatic heterocycles. The monoisotopic (exact) mass is 283 g/mol. The van der Waals surface area contributed by atoms with E-state index in [9.17, 15) is 13.6 Å². The highest BCUT2D eigenvalue weighted by molar-refractivity contribution is 6.08. The van der Waals surface area contributed by atoms with Gasteiger partial charge in [0.2, 0.25) is 0 Å². The van der Waals surface area contributed by atoms with Crippen LogP contribution in [0.25, 0.3) is 10.8 Å². The highest BCUT2D eigenvalue weighted by atomic mass is 19.2. The van der Waals surface area contributed by atoms with Crippen LogP contribution >= 0.6 is 0 Å². The van der Waals surface area contributed by atoms with E-state index in [1.54, 1.807) is 30.6 Å². The second kappa shape index (κ2) is 5.40. The second-order valence-corrected chi connectivity index (χ2v) is 4.72. The van der Waals surface area contributed by atoms with Gasteiger partial charge in [-0.05, 0) is 23.1 Å². The smallest absolute Gasteiger partial charge is 0.168 e. The van der Waals surface area contributed by atoms with Crippen LogP contribution in [-0.2, 0) is 6.42 Å². The van der Waals surface area contributed by atoms with Crippen LogP contribution in [0.1, 0.15) is 15.9 Å². The Morgan fingerprint density at radius 1 is 1.05 bits per heavy atom. The highest BCUT2D eigenvalue weighted by Gasteiger charge is 2.15. The number of nitrogens with zero attached hydrogens (tertiary/aromatic N) is 1. The molecule has 0 spiro atoms. The van der Waals surface area contributed by atoms with Gasteiger partial charge in [-0.25, -0.2) is 8.78 Å². The number of carbonyl (C=O) groups excluding carboxylic acids is 1. The normalized spacial score (nSPS) is 10.8. The molecule has 2 nitrogen and oxygen atoms in total. The summed E-state index contributed by atoms with van der Waals surface area (Å²) in [5.41, 5.74) is 0.519. The van der Waals surface area contributed by atoms with Crippen LogP contribution < -0.4 is 0 Å². The molecule has 1 heterocycles. The molecule has 0 saturated heterocycles. The molecule has 0 aliphatic carbocycles. The Balaban J connectivity index is 2.00. The quantitative estimate of drug-likeness (QED) is 0.681. The summed E-state index contributed by atoms with van der Waals surface area (Å²) in [5.74, 6) is -2.18. The number of fused-ring (bicyclic) bond motifs is 1. The highest BCUT2D eigenvalue weighted by Crippen LogP contribution is 2.20. The van der Waals surface area contributed by atoms with Crippen LogP contribution in [0.4, 0.5) is 8.78 Å². The van der Waals surface area contributed by atoms with Gasteiger partial charge in [0.15, 0.2) is 17.4 Å². The number of carbonyl (C=O) groups is 1. The first-order valence-electron chi connectivity index (χ1n) is 6.45. The lowest BCUT2D eigenvalue weighted by Crippen LogP contribution is -2.07. The molecule has 0 unspecified atom stereocenters. The van der Waals surface area contributed by atoms with Crippen LogP contribution in [-0.4, -0.2) is 10.8 Å². The van der Waals surface area contributed by atoms with Crippen molar-refractivity contribution in [2.75, 3.05) is 0 Å². The van der Waals surface area contributed by atoms with E-state index >= 15 is 0 Å². The Morgan fingerprint density at radius 3 is 2.71 bits per heavy atom. The molecular weight excluding hydrogens is 272 g/mol.